The van der Waals surface area contributed by atoms with Gasteiger partial charge in [-0.15, -0.1) is 0 Å². The molecule has 25 heavy (non-hydrogen) atoms. The van der Waals surface area contributed by atoms with Crippen LogP contribution < -0.4 is 10.6 Å². The Morgan fingerprint density at radius 3 is 2.28 bits per heavy atom. The third kappa shape index (κ3) is 4.27. The third-order valence-electron chi connectivity index (χ3n) is 5.77. The number of carbonyl (C=O) groups is 2. The molecule has 1 aromatic carbocycles. The summed E-state index contributed by atoms with van der Waals surface area (Å²) in [6.07, 6.45) is 6.03. The highest BCUT2D eigenvalue weighted by molar-refractivity contribution is 6.30. The largest absolute Gasteiger partial charge is 0.481 e. The van der Waals surface area contributed by atoms with Gasteiger partial charge in [-0.05, 0) is 56.2 Å². The van der Waals surface area contributed by atoms with Crippen molar-refractivity contribution >= 4 is 23.6 Å². The average Bonchev–Trinajstić information content (AvgIpc) is 2.56. The maximum Gasteiger partial charge on any atom is 0.315 e. The van der Waals surface area contributed by atoms with Crippen LogP contribution in [0, 0.1) is 5.92 Å². The fraction of sp³-hybridized carbons (Fsp3) is 0.579. The monoisotopic (exact) mass is 364 g/mol. The van der Waals surface area contributed by atoms with Gasteiger partial charge in [0.2, 0.25) is 0 Å². The van der Waals surface area contributed by atoms with E-state index in [1.165, 1.54) is 12.0 Å². The molecule has 3 N–H and O–H groups in total. The van der Waals surface area contributed by atoms with Gasteiger partial charge in [0.15, 0.2) is 0 Å². The van der Waals surface area contributed by atoms with Crippen LogP contribution in [0.5, 0.6) is 0 Å². The predicted molar refractivity (Wildman–Crippen MR) is 96.9 cm³/mol. The Labute approximate surface area is 153 Å². The number of rotatable bonds is 5. The van der Waals surface area contributed by atoms with E-state index < -0.39 is 5.97 Å². The third-order valence-corrected chi connectivity index (χ3v) is 6.02. The smallest absolute Gasteiger partial charge is 0.315 e. The second kappa shape index (κ2) is 7.65. The molecular formula is C19H25ClN2O3. The molecule has 0 unspecified atom stereocenters. The molecule has 0 heterocycles. The van der Waals surface area contributed by atoms with Gasteiger partial charge in [0.05, 0.1) is 5.92 Å². The molecule has 0 aromatic heterocycles. The normalized spacial score (nSPS) is 24.8. The first-order chi connectivity index (χ1) is 12.0. The Bertz CT molecular complexity index is 620. The van der Waals surface area contributed by atoms with Gasteiger partial charge >= 0.3 is 12.0 Å². The fourth-order valence-corrected chi connectivity index (χ4v) is 4.07. The molecular weight excluding hydrogens is 340 g/mol. The van der Waals surface area contributed by atoms with Crippen molar-refractivity contribution in [2.45, 2.75) is 56.4 Å². The lowest BCUT2D eigenvalue weighted by molar-refractivity contribution is -0.142. The first-order valence-electron chi connectivity index (χ1n) is 9.02. The van der Waals surface area contributed by atoms with Crippen LogP contribution in [-0.4, -0.2) is 29.7 Å². The van der Waals surface area contributed by atoms with E-state index in [0.717, 1.165) is 30.7 Å². The fourth-order valence-electron chi connectivity index (χ4n) is 3.95. The number of carboxylic acid groups (broad SMARTS) is 1. The maximum absolute atomic E-state index is 12.2. The Morgan fingerprint density at radius 1 is 1.12 bits per heavy atom. The van der Waals surface area contributed by atoms with Gasteiger partial charge in [0, 0.05) is 23.0 Å². The molecule has 5 nitrogen and oxygen atoms in total. The minimum Gasteiger partial charge on any atom is -0.481 e. The summed E-state index contributed by atoms with van der Waals surface area (Å²) in [5.74, 6) is -0.984. The van der Waals surface area contributed by atoms with Crippen LogP contribution in [0.2, 0.25) is 5.02 Å². The molecule has 2 fully saturated rings. The molecule has 0 aliphatic heterocycles. The summed E-state index contributed by atoms with van der Waals surface area (Å²) in [5.41, 5.74) is 1.24. The molecule has 2 aliphatic carbocycles. The number of halogens is 1. The maximum atomic E-state index is 12.2. The van der Waals surface area contributed by atoms with E-state index >= 15 is 0 Å². The van der Waals surface area contributed by atoms with E-state index in [1.54, 1.807) is 0 Å². The summed E-state index contributed by atoms with van der Waals surface area (Å²) in [6, 6.07) is 7.82. The second-order valence-corrected chi connectivity index (χ2v) is 7.79. The van der Waals surface area contributed by atoms with Crippen molar-refractivity contribution in [2.24, 2.45) is 5.92 Å². The quantitative estimate of drug-likeness (QED) is 0.745. The number of nitrogens with one attached hydrogen (secondary N) is 2. The van der Waals surface area contributed by atoms with Crippen molar-refractivity contribution in [3.8, 4) is 0 Å². The Hall–Kier alpha value is -1.75. The van der Waals surface area contributed by atoms with Crippen LogP contribution in [0.25, 0.3) is 0 Å². The molecule has 136 valence electrons. The Balaban J connectivity index is 1.48. The molecule has 2 saturated carbocycles. The molecule has 2 aliphatic rings. The van der Waals surface area contributed by atoms with Crippen LogP contribution >= 0.6 is 11.6 Å². The highest BCUT2D eigenvalue weighted by atomic mass is 35.5. The standard InChI is InChI=1S/C19H25ClN2O3/c20-15-6-4-14(5-7-15)19(10-1-11-19)12-21-18(25)22-16-8-2-13(3-9-16)17(23)24/h4-7,13,16H,1-3,8-12H2,(H,23,24)(H2,21,22,25). The Morgan fingerprint density at radius 2 is 1.76 bits per heavy atom. The molecule has 1 aromatic rings. The molecule has 3 rings (SSSR count). The molecule has 0 spiro atoms. The van der Waals surface area contributed by atoms with Crippen molar-refractivity contribution in [3.63, 3.8) is 0 Å². The van der Waals surface area contributed by atoms with Gasteiger partial charge in [-0.1, -0.05) is 30.2 Å². The van der Waals surface area contributed by atoms with Crippen molar-refractivity contribution in [3.05, 3.63) is 34.9 Å². The van der Waals surface area contributed by atoms with Crippen LogP contribution in [0.4, 0.5) is 4.79 Å². The SMILES string of the molecule is O=C(NCC1(c2ccc(Cl)cc2)CCC1)NC1CCC(C(=O)O)CC1. The van der Waals surface area contributed by atoms with Crippen molar-refractivity contribution in [2.75, 3.05) is 6.54 Å². The number of hydrogen-bond acceptors (Lipinski definition) is 2. The van der Waals surface area contributed by atoms with Crippen molar-refractivity contribution < 1.29 is 14.7 Å². The highest BCUT2D eigenvalue weighted by Crippen LogP contribution is 2.43. The zero-order valence-corrected chi connectivity index (χ0v) is 15.0. The molecule has 6 heteroatoms. The van der Waals surface area contributed by atoms with Gasteiger partial charge in [-0.2, -0.15) is 0 Å². The number of amides is 2. The second-order valence-electron chi connectivity index (χ2n) is 7.35. The summed E-state index contributed by atoms with van der Waals surface area (Å²) < 4.78 is 0. The first-order valence-corrected chi connectivity index (χ1v) is 9.39. The van der Waals surface area contributed by atoms with Gasteiger partial charge < -0.3 is 15.7 Å². The predicted octanol–water partition coefficient (Wildman–Crippen LogP) is 3.70. The van der Waals surface area contributed by atoms with Crippen molar-refractivity contribution in [1.82, 2.24) is 10.6 Å². The van der Waals surface area contributed by atoms with Crippen molar-refractivity contribution in [1.29, 1.82) is 0 Å². The molecule has 0 saturated heterocycles. The number of carboxylic acids is 1. The lowest BCUT2D eigenvalue weighted by Gasteiger charge is -2.42. The number of urea groups is 1. The number of carbonyl (C=O) groups excluding carboxylic acids is 1. The molecule has 0 radical (unpaired) electrons. The zero-order valence-electron chi connectivity index (χ0n) is 14.3. The first kappa shape index (κ1) is 18.1. The average molecular weight is 365 g/mol. The van der Waals surface area contributed by atoms with Crippen LogP contribution in [-0.2, 0) is 10.2 Å². The van der Waals surface area contributed by atoms with E-state index in [9.17, 15) is 9.59 Å². The topological polar surface area (TPSA) is 78.4 Å². The minimum absolute atomic E-state index is 0.0168. The zero-order chi connectivity index (χ0) is 17.9. The minimum atomic E-state index is -0.724. The van der Waals surface area contributed by atoms with Gasteiger partial charge in [0.1, 0.15) is 0 Å². The summed E-state index contributed by atoms with van der Waals surface area (Å²) >= 11 is 5.97. The van der Waals surface area contributed by atoms with Gasteiger partial charge in [-0.25, -0.2) is 4.79 Å². The number of benzene rings is 1. The summed E-state index contributed by atoms with van der Waals surface area (Å²) in [6.45, 7) is 0.616. The number of aliphatic carboxylic acids is 1. The molecule has 0 bridgehead atoms. The van der Waals surface area contributed by atoms with Crippen LogP contribution in [0.3, 0.4) is 0 Å². The van der Waals surface area contributed by atoms with Crippen LogP contribution in [0.1, 0.15) is 50.5 Å². The van der Waals surface area contributed by atoms with E-state index in [1.807, 2.05) is 24.3 Å². The van der Waals surface area contributed by atoms with Gasteiger partial charge in [0.25, 0.3) is 0 Å². The van der Waals surface area contributed by atoms with E-state index in [0.29, 0.717) is 19.4 Å². The highest BCUT2D eigenvalue weighted by Gasteiger charge is 2.39. The summed E-state index contributed by atoms with van der Waals surface area (Å²) in [7, 11) is 0. The molecule has 0 atom stereocenters. The molecule has 2 amide bonds. The number of hydrogen-bond donors (Lipinski definition) is 3. The van der Waals surface area contributed by atoms with E-state index in [2.05, 4.69) is 10.6 Å². The lowest BCUT2D eigenvalue weighted by atomic mass is 9.64. The summed E-state index contributed by atoms with van der Waals surface area (Å²) in [4.78, 5) is 23.2. The Kier molecular flexibility index (Phi) is 5.52. The van der Waals surface area contributed by atoms with Crippen LogP contribution in [0.15, 0.2) is 24.3 Å². The van der Waals surface area contributed by atoms with E-state index in [-0.39, 0.29) is 23.4 Å². The van der Waals surface area contributed by atoms with Gasteiger partial charge in [-0.3, -0.25) is 4.79 Å². The van der Waals surface area contributed by atoms with E-state index in [4.69, 9.17) is 16.7 Å². The lowest BCUT2D eigenvalue weighted by Crippen LogP contribution is -2.50. The summed E-state index contributed by atoms with van der Waals surface area (Å²) in [5, 5.41) is 15.8.